The Kier molecular flexibility index (Phi) is 9.80. The molecule has 3 aromatic rings. The van der Waals surface area contributed by atoms with Crippen molar-refractivity contribution in [2.24, 2.45) is 0 Å². The molecular weight excluding hydrogens is 534 g/mol. The van der Waals surface area contributed by atoms with E-state index in [2.05, 4.69) is 5.32 Å². The van der Waals surface area contributed by atoms with Crippen LogP contribution in [0.1, 0.15) is 43.0 Å². The number of hydrogen-bond acceptors (Lipinski definition) is 4. The first-order valence-electron chi connectivity index (χ1n) is 12.8. The van der Waals surface area contributed by atoms with Crippen LogP contribution in [-0.4, -0.2) is 43.8 Å². The molecule has 0 fully saturated rings. The number of amides is 2. The van der Waals surface area contributed by atoms with Crippen LogP contribution in [-0.2, 0) is 26.2 Å². The minimum absolute atomic E-state index is 0.0610. The number of nitrogens with one attached hydrogen (secondary N) is 1. The highest BCUT2D eigenvalue weighted by atomic mass is 35.5. The van der Waals surface area contributed by atoms with E-state index in [1.165, 1.54) is 17.0 Å². The molecule has 3 rings (SSSR count). The maximum absolute atomic E-state index is 14.0. The molecule has 7 nitrogen and oxygen atoms in total. The predicted molar refractivity (Wildman–Crippen MR) is 156 cm³/mol. The third-order valence-electron chi connectivity index (χ3n) is 6.39. The largest absolute Gasteiger partial charge is 0.352 e. The fourth-order valence-corrected chi connectivity index (χ4v) is 5.83. The van der Waals surface area contributed by atoms with Crippen LogP contribution in [0.2, 0.25) is 5.02 Å². The lowest BCUT2D eigenvalue weighted by Crippen LogP contribution is -2.52. The standard InChI is InChI=1S/C30H36ClN3O4S/c1-20(2)32-30(36)24(6)33(18-25-11-7-21(3)8-12-25)29(35)19-34(28-16-13-26(31)17-23(28)5)39(37,38)27-14-9-22(4)10-15-27/h7-17,20,24H,18-19H2,1-6H3,(H,32,36). The van der Waals surface area contributed by atoms with Gasteiger partial charge < -0.3 is 10.2 Å². The monoisotopic (exact) mass is 569 g/mol. The molecule has 39 heavy (non-hydrogen) atoms. The van der Waals surface area contributed by atoms with Crippen LogP contribution >= 0.6 is 11.6 Å². The van der Waals surface area contributed by atoms with Crippen LogP contribution in [0.5, 0.6) is 0 Å². The summed E-state index contributed by atoms with van der Waals surface area (Å²) >= 11 is 6.16. The van der Waals surface area contributed by atoms with Crippen molar-refractivity contribution in [3.63, 3.8) is 0 Å². The molecule has 0 aliphatic carbocycles. The highest BCUT2D eigenvalue weighted by molar-refractivity contribution is 7.92. The second-order valence-electron chi connectivity index (χ2n) is 10.1. The van der Waals surface area contributed by atoms with Crippen LogP contribution in [0.15, 0.2) is 71.6 Å². The summed E-state index contributed by atoms with van der Waals surface area (Å²) in [7, 11) is -4.14. The zero-order chi connectivity index (χ0) is 28.9. The fourth-order valence-electron chi connectivity index (χ4n) is 4.13. The van der Waals surface area contributed by atoms with Crippen LogP contribution in [0.3, 0.4) is 0 Å². The molecule has 0 bridgehead atoms. The van der Waals surface area contributed by atoms with Crippen LogP contribution in [0.25, 0.3) is 0 Å². The third-order valence-corrected chi connectivity index (χ3v) is 8.40. The average molecular weight is 570 g/mol. The second kappa shape index (κ2) is 12.7. The lowest BCUT2D eigenvalue weighted by atomic mass is 10.1. The van der Waals surface area contributed by atoms with E-state index in [0.717, 1.165) is 21.0 Å². The summed E-state index contributed by atoms with van der Waals surface area (Å²) in [4.78, 5) is 28.4. The number of sulfonamides is 1. The van der Waals surface area contributed by atoms with Gasteiger partial charge in [-0.15, -0.1) is 0 Å². The van der Waals surface area contributed by atoms with Crippen molar-refractivity contribution in [3.8, 4) is 0 Å². The van der Waals surface area contributed by atoms with Crippen LogP contribution in [0, 0.1) is 20.8 Å². The van der Waals surface area contributed by atoms with Crippen molar-refractivity contribution >= 4 is 39.1 Å². The molecule has 0 aromatic heterocycles. The molecule has 0 radical (unpaired) electrons. The van der Waals surface area contributed by atoms with Crippen LogP contribution in [0.4, 0.5) is 5.69 Å². The van der Waals surface area contributed by atoms with Crippen molar-refractivity contribution in [2.45, 2.75) is 65.1 Å². The molecule has 1 unspecified atom stereocenters. The minimum Gasteiger partial charge on any atom is -0.352 e. The highest BCUT2D eigenvalue weighted by Gasteiger charge is 2.33. The number of benzene rings is 3. The average Bonchev–Trinajstić information content (AvgIpc) is 2.86. The number of aryl methyl sites for hydroxylation is 3. The Labute approximate surface area is 236 Å². The van der Waals surface area contributed by atoms with E-state index in [-0.39, 0.29) is 23.4 Å². The molecule has 0 saturated heterocycles. The van der Waals surface area contributed by atoms with E-state index >= 15 is 0 Å². The SMILES string of the molecule is Cc1ccc(CN(C(=O)CN(c2ccc(Cl)cc2C)S(=O)(=O)c2ccc(C)cc2)C(C)C(=O)NC(C)C)cc1. The molecular formula is C30H36ClN3O4S. The lowest BCUT2D eigenvalue weighted by molar-refractivity contribution is -0.139. The summed E-state index contributed by atoms with van der Waals surface area (Å²) in [5.41, 5.74) is 3.74. The Balaban J connectivity index is 2.06. The summed E-state index contributed by atoms with van der Waals surface area (Å²) < 4.78 is 29.0. The van der Waals surface area contributed by atoms with Gasteiger partial charge >= 0.3 is 0 Å². The molecule has 0 saturated carbocycles. The molecule has 0 spiro atoms. The number of rotatable bonds is 10. The highest BCUT2D eigenvalue weighted by Crippen LogP contribution is 2.29. The molecule has 9 heteroatoms. The molecule has 0 aliphatic heterocycles. The topological polar surface area (TPSA) is 86.8 Å². The predicted octanol–water partition coefficient (Wildman–Crippen LogP) is 5.40. The van der Waals surface area contributed by atoms with E-state index in [9.17, 15) is 18.0 Å². The Morgan fingerprint density at radius 3 is 1.97 bits per heavy atom. The lowest BCUT2D eigenvalue weighted by Gasteiger charge is -2.32. The van der Waals surface area contributed by atoms with Gasteiger partial charge in [0.1, 0.15) is 12.6 Å². The van der Waals surface area contributed by atoms with Gasteiger partial charge in [-0.1, -0.05) is 59.1 Å². The van der Waals surface area contributed by atoms with Crippen molar-refractivity contribution in [1.82, 2.24) is 10.2 Å². The fraction of sp³-hybridized carbons (Fsp3) is 0.333. The van der Waals surface area contributed by atoms with Crippen molar-refractivity contribution in [2.75, 3.05) is 10.8 Å². The van der Waals surface area contributed by atoms with E-state index in [0.29, 0.717) is 16.3 Å². The second-order valence-corrected chi connectivity index (χ2v) is 12.4. The van der Waals surface area contributed by atoms with Gasteiger partial charge in [0, 0.05) is 17.6 Å². The number of halogens is 1. The summed E-state index contributed by atoms with van der Waals surface area (Å²) in [5, 5.41) is 3.31. The minimum atomic E-state index is -4.14. The normalized spacial score (nSPS) is 12.2. The first kappa shape index (κ1) is 30.2. The van der Waals surface area contributed by atoms with Crippen molar-refractivity contribution in [1.29, 1.82) is 0 Å². The smallest absolute Gasteiger partial charge is 0.264 e. The van der Waals surface area contributed by atoms with Gasteiger partial charge in [-0.3, -0.25) is 13.9 Å². The van der Waals surface area contributed by atoms with Crippen LogP contribution < -0.4 is 9.62 Å². The zero-order valence-electron chi connectivity index (χ0n) is 23.2. The Hall–Kier alpha value is -3.36. The van der Waals surface area contributed by atoms with Gasteiger partial charge in [0.05, 0.1) is 10.6 Å². The number of nitrogens with zero attached hydrogens (tertiary/aromatic N) is 2. The van der Waals surface area contributed by atoms with Gasteiger partial charge in [0.25, 0.3) is 10.0 Å². The maximum Gasteiger partial charge on any atom is 0.264 e. The number of anilines is 1. The number of carbonyl (C=O) groups is 2. The molecule has 3 aromatic carbocycles. The third kappa shape index (κ3) is 7.61. The number of hydrogen-bond donors (Lipinski definition) is 1. The first-order valence-corrected chi connectivity index (χ1v) is 14.6. The van der Waals surface area contributed by atoms with E-state index < -0.39 is 28.5 Å². The maximum atomic E-state index is 14.0. The van der Waals surface area contributed by atoms with Gasteiger partial charge in [0.15, 0.2) is 0 Å². The molecule has 0 aliphatic rings. The zero-order valence-corrected chi connectivity index (χ0v) is 24.8. The van der Waals surface area contributed by atoms with Gasteiger partial charge in [-0.25, -0.2) is 8.42 Å². The van der Waals surface area contributed by atoms with Crippen molar-refractivity contribution < 1.29 is 18.0 Å². The van der Waals surface area contributed by atoms with E-state index in [4.69, 9.17) is 11.6 Å². The molecule has 2 amide bonds. The summed E-state index contributed by atoms with van der Waals surface area (Å²) in [6, 6.07) is 18.0. The Bertz CT molecular complexity index is 1420. The summed E-state index contributed by atoms with van der Waals surface area (Å²) in [6.07, 6.45) is 0. The first-order chi connectivity index (χ1) is 18.3. The van der Waals surface area contributed by atoms with Gasteiger partial charge in [-0.2, -0.15) is 0 Å². The molecule has 1 N–H and O–H groups in total. The van der Waals surface area contributed by atoms with Crippen molar-refractivity contribution in [3.05, 3.63) is 94.0 Å². The summed E-state index contributed by atoms with van der Waals surface area (Å²) in [6.45, 7) is 10.6. The van der Waals surface area contributed by atoms with E-state index in [1.807, 2.05) is 52.0 Å². The summed E-state index contributed by atoms with van der Waals surface area (Å²) in [5.74, 6) is -0.826. The molecule has 0 heterocycles. The molecule has 208 valence electrons. The Morgan fingerprint density at radius 1 is 0.872 bits per heavy atom. The quantitative estimate of drug-likeness (QED) is 0.354. The van der Waals surface area contributed by atoms with Gasteiger partial charge in [-0.05, 0) is 83.0 Å². The Morgan fingerprint density at radius 2 is 1.44 bits per heavy atom. The van der Waals surface area contributed by atoms with E-state index in [1.54, 1.807) is 44.2 Å². The number of carbonyl (C=O) groups excluding carboxylic acids is 2. The van der Waals surface area contributed by atoms with Gasteiger partial charge in [0.2, 0.25) is 11.8 Å². The molecule has 1 atom stereocenters.